The van der Waals surface area contributed by atoms with Gasteiger partial charge in [-0.2, -0.15) is 5.10 Å². The summed E-state index contributed by atoms with van der Waals surface area (Å²) in [6.07, 6.45) is 4.91. The molecule has 1 N–H and O–H groups in total. The summed E-state index contributed by atoms with van der Waals surface area (Å²) >= 11 is 0. The molecule has 0 saturated carbocycles. The molecule has 4 aromatic rings. The van der Waals surface area contributed by atoms with Crippen molar-refractivity contribution in [3.63, 3.8) is 0 Å². The SMILES string of the molecule is Cc1nn(-c2ccccc2)c(C)c1/C=C/C(=O)Nn1cnc2ccccc21. The van der Waals surface area contributed by atoms with E-state index in [1.807, 2.05) is 73.1 Å². The third-order valence-corrected chi connectivity index (χ3v) is 4.43. The van der Waals surface area contributed by atoms with Crippen LogP contribution >= 0.6 is 0 Å². The first-order valence-corrected chi connectivity index (χ1v) is 8.66. The Kier molecular flexibility index (Phi) is 4.30. The van der Waals surface area contributed by atoms with Gasteiger partial charge in [0.05, 0.1) is 22.4 Å². The average Bonchev–Trinajstić information content (AvgIpc) is 3.22. The highest BCUT2D eigenvalue weighted by Gasteiger charge is 2.11. The van der Waals surface area contributed by atoms with Crippen LogP contribution in [0.4, 0.5) is 0 Å². The zero-order valence-corrected chi connectivity index (χ0v) is 15.1. The summed E-state index contributed by atoms with van der Waals surface area (Å²) < 4.78 is 3.51. The molecule has 2 aromatic carbocycles. The first-order valence-electron chi connectivity index (χ1n) is 8.66. The van der Waals surface area contributed by atoms with Gasteiger partial charge in [0, 0.05) is 17.3 Å². The van der Waals surface area contributed by atoms with E-state index < -0.39 is 0 Å². The lowest BCUT2D eigenvalue weighted by molar-refractivity contribution is -0.112. The van der Waals surface area contributed by atoms with Gasteiger partial charge >= 0.3 is 0 Å². The highest BCUT2D eigenvalue weighted by Crippen LogP contribution is 2.19. The number of hydrogen-bond acceptors (Lipinski definition) is 3. The van der Waals surface area contributed by atoms with Crippen LogP contribution in [0.5, 0.6) is 0 Å². The standard InChI is InChI=1S/C21H19N5O/c1-15-18(16(2)26(23-15)17-8-4-3-5-9-17)12-13-21(27)24-25-14-22-19-10-6-7-11-20(19)25/h3-14H,1-2H3,(H,24,27)/b13-12+. The van der Waals surface area contributed by atoms with Crippen LogP contribution in [0.15, 0.2) is 67.0 Å². The summed E-state index contributed by atoms with van der Waals surface area (Å²) in [5, 5.41) is 4.59. The van der Waals surface area contributed by atoms with E-state index in [0.29, 0.717) is 0 Å². The fraction of sp³-hybridized carbons (Fsp3) is 0.0952. The minimum Gasteiger partial charge on any atom is -0.268 e. The van der Waals surface area contributed by atoms with Gasteiger partial charge in [-0.3, -0.25) is 10.2 Å². The van der Waals surface area contributed by atoms with E-state index in [1.165, 1.54) is 6.08 Å². The molecular weight excluding hydrogens is 338 g/mol. The third-order valence-electron chi connectivity index (χ3n) is 4.43. The molecule has 0 saturated heterocycles. The predicted molar refractivity (Wildman–Crippen MR) is 106 cm³/mol. The second-order valence-corrected chi connectivity index (χ2v) is 6.24. The first kappa shape index (κ1) is 16.8. The van der Waals surface area contributed by atoms with E-state index in [1.54, 1.807) is 17.1 Å². The van der Waals surface area contributed by atoms with Crippen LogP contribution < -0.4 is 5.43 Å². The van der Waals surface area contributed by atoms with E-state index in [0.717, 1.165) is 33.7 Å². The maximum Gasteiger partial charge on any atom is 0.262 e. The minimum absolute atomic E-state index is 0.232. The zero-order chi connectivity index (χ0) is 18.8. The molecule has 2 aromatic heterocycles. The van der Waals surface area contributed by atoms with E-state index in [2.05, 4.69) is 15.5 Å². The molecule has 1 amide bonds. The summed E-state index contributed by atoms with van der Waals surface area (Å²) in [5.74, 6) is -0.232. The van der Waals surface area contributed by atoms with Crippen molar-refractivity contribution >= 4 is 23.0 Å². The minimum atomic E-state index is -0.232. The Bertz CT molecular complexity index is 1140. The number of carbonyl (C=O) groups is 1. The second kappa shape index (κ2) is 6.92. The third kappa shape index (κ3) is 3.25. The molecule has 0 bridgehead atoms. The lowest BCUT2D eigenvalue weighted by atomic mass is 10.2. The van der Waals surface area contributed by atoms with Gasteiger partial charge in [-0.15, -0.1) is 0 Å². The van der Waals surface area contributed by atoms with Crippen molar-refractivity contribution < 1.29 is 4.79 Å². The van der Waals surface area contributed by atoms with Gasteiger partial charge in [0.2, 0.25) is 0 Å². The van der Waals surface area contributed by atoms with Crippen molar-refractivity contribution in [2.45, 2.75) is 13.8 Å². The van der Waals surface area contributed by atoms with Gasteiger partial charge in [-0.25, -0.2) is 14.3 Å². The average molecular weight is 357 g/mol. The van der Waals surface area contributed by atoms with Gasteiger partial charge in [-0.05, 0) is 44.2 Å². The molecule has 2 heterocycles. The van der Waals surface area contributed by atoms with Crippen molar-refractivity contribution in [2.75, 3.05) is 5.43 Å². The number of rotatable bonds is 4. The molecule has 6 nitrogen and oxygen atoms in total. The number of carbonyl (C=O) groups excluding carboxylic acids is 1. The highest BCUT2D eigenvalue weighted by atomic mass is 16.2. The number of imidazole rings is 1. The summed E-state index contributed by atoms with van der Waals surface area (Å²) in [5.41, 5.74) is 8.27. The highest BCUT2D eigenvalue weighted by molar-refractivity contribution is 5.98. The second-order valence-electron chi connectivity index (χ2n) is 6.24. The van der Waals surface area contributed by atoms with Crippen LogP contribution in [0.1, 0.15) is 17.0 Å². The van der Waals surface area contributed by atoms with Gasteiger partial charge in [0.1, 0.15) is 6.33 Å². The molecule has 4 rings (SSSR count). The molecule has 0 spiro atoms. The molecule has 0 unspecified atom stereocenters. The number of hydrogen-bond donors (Lipinski definition) is 1. The van der Waals surface area contributed by atoms with Crippen molar-refractivity contribution in [3.8, 4) is 5.69 Å². The quantitative estimate of drug-likeness (QED) is 0.567. The van der Waals surface area contributed by atoms with Gasteiger partial charge in [0.15, 0.2) is 0 Å². The Balaban J connectivity index is 1.56. The topological polar surface area (TPSA) is 64.7 Å². The summed E-state index contributed by atoms with van der Waals surface area (Å²) in [4.78, 5) is 16.6. The molecule has 0 aliphatic heterocycles. The Morgan fingerprint density at radius 2 is 1.78 bits per heavy atom. The van der Waals surface area contributed by atoms with Gasteiger partial charge in [-0.1, -0.05) is 30.3 Å². The molecule has 0 aliphatic carbocycles. The van der Waals surface area contributed by atoms with Gasteiger partial charge in [0.25, 0.3) is 5.91 Å². The van der Waals surface area contributed by atoms with Crippen LogP contribution in [0.3, 0.4) is 0 Å². The Labute approximate surface area is 156 Å². The molecule has 0 fully saturated rings. The maximum absolute atomic E-state index is 12.4. The molecule has 27 heavy (non-hydrogen) atoms. The number of amides is 1. The number of nitrogens with zero attached hydrogens (tertiary/aromatic N) is 4. The summed E-state index contributed by atoms with van der Waals surface area (Å²) in [6.45, 7) is 3.93. The first-order chi connectivity index (χ1) is 13.1. The van der Waals surface area contributed by atoms with E-state index in [4.69, 9.17) is 0 Å². The fourth-order valence-corrected chi connectivity index (χ4v) is 3.08. The Morgan fingerprint density at radius 1 is 1.04 bits per heavy atom. The van der Waals surface area contributed by atoms with Crippen LogP contribution in [0.25, 0.3) is 22.8 Å². The van der Waals surface area contributed by atoms with Crippen molar-refractivity contribution in [1.29, 1.82) is 0 Å². The lowest BCUT2D eigenvalue weighted by Gasteiger charge is -2.04. The van der Waals surface area contributed by atoms with Crippen LogP contribution in [-0.2, 0) is 4.79 Å². The number of fused-ring (bicyclic) bond motifs is 1. The Morgan fingerprint density at radius 3 is 2.59 bits per heavy atom. The van der Waals surface area contributed by atoms with E-state index >= 15 is 0 Å². The maximum atomic E-state index is 12.4. The predicted octanol–water partition coefficient (Wildman–Crippen LogP) is 3.62. The Hall–Kier alpha value is -3.67. The van der Waals surface area contributed by atoms with Crippen molar-refractivity contribution in [2.24, 2.45) is 0 Å². The number of para-hydroxylation sites is 3. The monoisotopic (exact) mass is 357 g/mol. The smallest absolute Gasteiger partial charge is 0.262 e. The largest absolute Gasteiger partial charge is 0.268 e. The lowest BCUT2D eigenvalue weighted by Crippen LogP contribution is -2.19. The van der Waals surface area contributed by atoms with Crippen molar-refractivity contribution in [1.82, 2.24) is 19.4 Å². The molecule has 134 valence electrons. The van der Waals surface area contributed by atoms with Gasteiger partial charge < -0.3 is 0 Å². The number of aromatic nitrogens is 4. The fourth-order valence-electron chi connectivity index (χ4n) is 3.08. The van der Waals surface area contributed by atoms with Crippen molar-refractivity contribution in [3.05, 3.63) is 84.0 Å². The number of aryl methyl sites for hydroxylation is 1. The zero-order valence-electron chi connectivity index (χ0n) is 15.1. The van der Waals surface area contributed by atoms with E-state index in [9.17, 15) is 4.79 Å². The molecular formula is C21H19N5O. The normalized spacial score (nSPS) is 11.3. The molecule has 0 aliphatic rings. The van der Waals surface area contributed by atoms with Crippen LogP contribution in [0, 0.1) is 13.8 Å². The number of nitrogens with one attached hydrogen (secondary N) is 1. The molecule has 0 atom stereocenters. The summed E-state index contributed by atoms with van der Waals surface area (Å²) in [7, 11) is 0. The van der Waals surface area contributed by atoms with Crippen LogP contribution in [-0.4, -0.2) is 25.3 Å². The number of benzene rings is 2. The van der Waals surface area contributed by atoms with E-state index in [-0.39, 0.29) is 5.91 Å². The molecule has 6 heteroatoms. The molecule has 0 radical (unpaired) electrons. The summed E-state index contributed by atoms with van der Waals surface area (Å²) in [6, 6.07) is 17.6. The van der Waals surface area contributed by atoms with Crippen LogP contribution in [0.2, 0.25) is 0 Å².